The predicted octanol–water partition coefficient (Wildman–Crippen LogP) is -2.43. The van der Waals surface area contributed by atoms with Crippen LogP contribution in [0.5, 0.6) is 0 Å². The molecule has 5 aromatic rings. The van der Waals surface area contributed by atoms with Crippen LogP contribution in [-0.4, -0.2) is 40.9 Å². The van der Waals surface area contributed by atoms with Gasteiger partial charge in [-0.2, -0.15) is 29.5 Å². The van der Waals surface area contributed by atoms with Crippen molar-refractivity contribution in [3.8, 4) is 0 Å². The van der Waals surface area contributed by atoms with Crippen LogP contribution in [0.2, 0.25) is 10.6 Å². The van der Waals surface area contributed by atoms with Crippen molar-refractivity contribution in [2.24, 2.45) is 20.5 Å². The van der Waals surface area contributed by atoms with Gasteiger partial charge >= 0.3 is 88.7 Å². The summed E-state index contributed by atoms with van der Waals surface area (Å²) in [6.45, 7) is 3.36. The van der Waals surface area contributed by atoms with Gasteiger partial charge in [-0.1, -0.05) is 12.1 Å². The third kappa shape index (κ3) is 11.9. The number of nitrogens with zero attached hydrogens (tertiary/aromatic N) is 7. The van der Waals surface area contributed by atoms with Gasteiger partial charge in [0.25, 0.3) is 0 Å². The second-order valence-corrected chi connectivity index (χ2v) is 13.9. The van der Waals surface area contributed by atoms with E-state index >= 15 is 0 Å². The van der Waals surface area contributed by atoms with E-state index in [0.29, 0.717) is 34.5 Å². The first-order valence-electron chi connectivity index (χ1n) is 13.2. The monoisotopic (exact) mass is 832 g/mol. The Bertz CT molecular complexity index is 2380. The number of anilines is 2. The van der Waals surface area contributed by atoms with Crippen molar-refractivity contribution in [2.75, 3.05) is 5.32 Å². The number of benzene rings is 4. The summed E-state index contributed by atoms with van der Waals surface area (Å²) < 4.78 is 76.2. The molecule has 1 N–H and O–H groups in total. The molecule has 0 fully saturated rings. The molecule has 0 bridgehead atoms. The SMILES string of the molecule is Cc1cc(N=Nc2ccc(Nc3nc(Cl)nc(Cl)n3)c3c(S(=O)(=O)[O-])cccc23)c(C)cc1N=Nc1cc(SOO[O-])ccc1S(=O)(=O)[O-].[Na+].[Na+].[Na+]. The number of rotatable bonds is 11. The molecule has 4 aromatic carbocycles. The van der Waals surface area contributed by atoms with E-state index in [-0.39, 0.29) is 138 Å². The van der Waals surface area contributed by atoms with Gasteiger partial charge in [0.05, 0.1) is 44.6 Å². The molecular formula is C27H17Cl2N8Na3O9S3. The molecule has 0 amide bonds. The molecule has 1 aromatic heterocycles. The van der Waals surface area contributed by atoms with Crippen LogP contribution in [0.3, 0.4) is 0 Å². The first-order chi connectivity index (χ1) is 23.1. The minimum atomic E-state index is -4.97. The molecule has 0 unspecified atom stereocenters. The molecule has 0 radical (unpaired) electrons. The quantitative estimate of drug-likeness (QED) is 0.0363. The standard InChI is InChI=1S/C27H20Cl2N8O9S3.3Na/c1-13-11-20(36-37-21-12-15(47-46-45-38)6-9-22(21)48(39,40)41)14(2)10-19(13)35-34-17-7-8-18(30-27-32-25(28)31-26(29)33-27)24-16(17)4-3-5-23(24)49(42,43)44;;;/h3-12,38H,1-2H3,(H,39,40,41)(H,42,43,44)(H,30,31,32,33);;;/q;3*+1/p-3. The van der Waals surface area contributed by atoms with E-state index < -0.39 is 30.0 Å². The zero-order valence-corrected chi connectivity index (χ0v) is 37.5. The van der Waals surface area contributed by atoms with E-state index in [1.54, 1.807) is 32.0 Å². The summed E-state index contributed by atoms with van der Waals surface area (Å²) in [6.07, 6.45) is 0. The fourth-order valence-electron chi connectivity index (χ4n) is 4.37. The Balaban J connectivity index is 0.00000312. The van der Waals surface area contributed by atoms with Crippen LogP contribution in [0.15, 0.2) is 95.8 Å². The Morgan fingerprint density at radius 1 is 0.712 bits per heavy atom. The summed E-state index contributed by atoms with van der Waals surface area (Å²) in [6, 6.07) is 13.6. The molecule has 0 saturated carbocycles. The van der Waals surface area contributed by atoms with E-state index in [1.165, 1.54) is 30.3 Å². The fourth-order valence-corrected chi connectivity index (χ4v) is 6.43. The molecule has 1 heterocycles. The Hall–Kier alpha value is -1.22. The molecule has 0 spiro atoms. The number of azo groups is 2. The van der Waals surface area contributed by atoms with Crippen molar-refractivity contribution < 1.29 is 129 Å². The third-order valence-corrected chi connectivity index (χ3v) is 9.15. The molecule has 0 atom stereocenters. The topological polar surface area (TPSA) is 256 Å². The van der Waals surface area contributed by atoms with Crippen molar-refractivity contribution in [3.05, 3.63) is 82.4 Å². The van der Waals surface area contributed by atoms with E-state index in [0.717, 1.165) is 12.1 Å². The normalized spacial score (nSPS) is 11.7. The average Bonchev–Trinajstić information content (AvgIpc) is 3.02. The summed E-state index contributed by atoms with van der Waals surface area (Å²) in [4.78, 5) is 10.5. The minimum Gasteiger partial charge on any atom is -0.744 e. The maximum atomic E-state index is 12.2. The van der Waals surface area contributed by atoms with E-state index in [4.69, 9.17) is 23.2 Å². The maximum Gasteiger partial charge on any atom is 1.00 e. The number of nitrogens with one attached hydrogen (secondary N) is 1. The smallest absolute Gasteiger partial charge is 0.744 e. The van der Waals surface area contributed by atoms with Crippen LogP contribution < -0.4 is 99.2 Å². The number of halogens is 2. The minimum absolute atomic E-state index is 0. The Morgan fingerprint density at radius 2 is 1.27 bits per heavy atom. The van der Waals surface area contributed by atoms with Gasteiger partial charge < -0.3 is 19.7 Å². The molecule has 52 heavy (non-hydrogen) atoms. The van der Waals surface area contributed by atoms with E-state index in [2.05, 4.69) is 50.1 Å². The van der Waals surface area contributed by atoms with E-state index in [1.807, 2.05) is 0 Å². The van der Waals surface area contributed by atoms with Gasteiger partial charge in [0.15, 0.2) is 0 Å². The first-order valence-corrected chi connectivity index (χ1v) is 17.5. The van der Waals surface area contributed by atoms with Gasteiger partial charge in [-0.15, -0.1) is 10.2 Å². The summed E-state index contributed by atoms with van der Waals surface area (Å²) in [5, 5.41) is 32.7. The maximum absolute atomic E-state index is 12.2. The van der Waals surface area contributed by atoms with Crippen LogP contribution in [0.1, 0.15) is 11.1 Å². The Kier molecular flexibility index (Phi) is 18.1. The third-order valence-electron chi connectivity index (χ3n) is 6.48. The molecular weight excluding hydrogens is 816 g/mol. The van der Waals surface area contributed by atoms with Gasteiger partial charge in [0.2, 0.25) is 16.5 Å². The van der Waals surface area contributed by atoms with Crippen molar-refractivity contribution >= 4 is 101 Å². The molecule has 5 rings (SSSR count). The van der Waals surface area contributed by atoms with Crippen LogP contribution in [0, 0.1) is 13.8 Å². The second-order valence-electron chi connectivity index (χ2n) is 9.72. The van der Waals surface area contributed by atoms with Crippen molar-refractivity contribution in [1.82, 2.24) is 15.0 Å². The summed E-state index contributed by atoms with van der Waals surface area (Å²) in [7, 11) is -9.90. The zero-order valence-electron chi connectivity index (χ0n) is 27.6. The summed E-state index contributed by atoms with van der Waals surface area (Å²) in [5.41, 5.74) is 1.79. The molecule has 0 aliphatic heterocycles. The van der Waals surface area contributed by atoms with Gasteiger partial charge in [-0.05, 0) is 96.7 Å². The first kappa shape index (κ1) is 46.9. The molecule has 0 saturated heterocycles. The Morgan fingerprint density at radius 3 is 1.83 bits per heavy atom. The van der Waals surface area contributed by atoms with Gasteiger partial charge in [-0.25, -0.2) is 16.8 Å². The number of aryl methyl sites for hydroxylation is 2. The number of hydrogen-bond donors (Lipinski definition) is 1. The molecule has 25 heteroatoms. The fraction of sp³-hybridized carbons (Fsp3) is 0.0741. The molecule has 17 nitrogen and oxygen atoms in total. The largest absolute Gasteiger partial charge is 1.00 e. The number of fused-ring (bicyclic) bond motifs is 1. The second kappa shape index (κ2) is 20.1. The van der Waals surface area contributed by atoms with Crippen LogP contribution >= 0.6 is 35.2 Å². The molecule has 254 valence electrons. The van der Waals surface area contributed by atoms with Crippen LogP contribution in [0.25, 0.3) is 10.8 Å². The zero-order chi connectivity index (χ0) is 35.5. The molecule has 0 aliphatic rings. The van der Waals surface area contributed by atoms with E-state index in [9.17, 15) is 31.2 Å². The van der Waals surface area contributed by atoms with Gasteiger partial charge in [0.1, 0.15) is 25.9 Å². The van der Waals surface area contributed by atoms with Crippen molar-refractivity contribution in [1.29, 1.82) is 0 Å². The summed E-state index contributed by atoms with van der Waals surface area (Å²) >= 11 is 12.2. The predicted molar refractivity (Wildman–Crippen MR) is 172 cm³/mol. The van der Waals surface area contributed by atoms with Gasteiger partial charge in [-0.3, -0.25) is 5.04 Å². The average molecular weight is 834 g/mol. The van der Waals surface area contributed by atoms with Crippen LogP contribution in [-0.2, 0) is 29.6 Å². The van der Waals surface area contributed by atoms with Crippen molar-refractivity contribution in [3.63, 3.8) is 0 Å². The summed E-state index contributed by atoms with van der Waals surface area (Å²) in [5.74, 6) is -0.109. The number of aromatic nitrogens is 3. The molecule has 0 aliphatic carbocycles. The van der Waals surface area contributed by atoms with Crippen LogP contribution in [0.4, 0.5) is 34.4 Å². The number of hydrogen-bond acceptors (Lipinski definition) is 18. The van der Waals surface area contributed by atoms with Crippen molar-refractivity contribution in [2.45, 2.75) is 28.5 Å². The Labute approximate surface area is 376 Å². The van der Waals surface area contributed by atoms with Gasteiger partial charge in [0, 0.05) is 15.7 Å².